The van der Waals surface area contributed by atoms with E-state index in [2.05, 4.69) is 10.3 Å². The second kappa shape index (κ2) is 9.25. The molecule has 0 spiro atoms. The maximum atomic E-state index is 12.3. The molecule has 0 aliphatic carbocycles. The van der Waals surface area contributed by atoms with Crippen LogP contribution in [0.25, 0.3) is 0 Å². The molecule has 1 atom stereocenters. The lowest BCUT2D eigenvalue weighted by Gasteiger charge is -2.16. The third-order valence-electron chi connectivity index (χ3n) is 3.39. The van der Waals surface area contributed by atoms with Gasteiger partial charge in [-0.1, -0.05) is 12.1 Å². The number of hydrogen-bond donors (Lipinski definition) is 2. The van der Waals surface area contributed by atoms with Crippen molar-refractivity contribution >= 4 is 18.3 Å². The predicted octanol–water partition coefficient (Wildman–Crippen LogP) is 3.24. The van der Waals surface area contributed by atoms with Crippen LogP contribution in [-0.4, -0.2) is 17.0 Å². The lowest BCUT2D eigenvalue weighted by Crippen LogP contribution is -2.26. The molecule has 24 heavy (non-hydrogen) atoms. The summed E-state index contributed by atoms with van der Waals surface area (Å²) in [6, 6.07) is 11.0. The highest BCUT2D eigenvalue weighted by Gasteiger charge is 2.12. The minimum Gasteiger partial charge on any atom is -0.491 e. The smallest absolute Gasteiger partial charge is 0.251 e. The van der Waals surface area contributed by atoms with E-state index in [1.54, 1.807) is 18.3 Å². The van der Waals surface area contributed by atoms with Crippen molar-refractivity contribution in [2.24, 2.45) is 5.73 Å². The Morgan fingerprint density at radius 1 is 1.21 bits per heavy atom. The highest BCUT2D eigenvalue weighted by Crippen LogP contribution is 2.19. The van der Waals surface area contributed by atoms with Crippen LogP contribution in [0.5, 0.6) is 5.75 Å². The Balaban J connectivity index is 0.00000288. The molecule has 1 heterocycles. The van der Waals surface area contributed by atoms with Gasteiger partial charge in [0.15, 0.2) is 0 Å². The molecule has 130 valence electrons. The van der Waals surface area contributed by atoms with Gasteiger partial charge in [-0.15, -0.1) is 12.4 Å². The Morgan fingerprint density at radius 2 is 1.88 bits per heavy atom. The third kappa shape index (κ3) is 5.51. The number of benzene rings is 1. The number of hydrogen-bond acceptors (Lipinski definition) is 4. The van der Waals surface area contributed by atoms with E-state index in [1.807, 2.05) is 45.0 Å². The van der Waals surface area contributed by atoms with Crippen LogP contribution in [0.3, 0.4) is 0 Å². The van der Waals surface area contributed by atoms with E-state index in [0.29, 0.717) is 17.8 Å². The number of carbonyl (C=O) groups excluding carboxylic acids is 1. The number of rotatable bonds is 6. The molecule has 0 saturated heterocycles. The van der Waals surface area contributed by atoms with Gasteiger partial charge in [0.2, 0.25) is 0 Å². The number of amides is 1. The molecule has 2 aromatic rings. The van der Waals surface area contributed by atoms with Crippen LogP contribution >= 0.6 is 12.4 Å². The summed E-state index contributed by atoms with van der Waals surface area (Å²) in [5.41, 5.74) is 7.83. The summed E-state index contributed by atoms with van der Waals surface area (Å²) in [4.78, 5) is 16.4. The van der Waals surface area contributed by atoms with Crippen molar-refractivity contribution in [2.45, 2.75) is 39.5 Å². The molecule has 5 nitrogen and oxygen atoms in total. The van der Waals surface area contributed by atoms with E-state index in [4.69, 9.17) is 10.5 Å². The average Bonchev–Trinajstić information content (AvgIpc) is 2.55. The van der Waals surface area contributed by atoms with Gasteiger partial charge in [-0.25, -0.2) is 0 Å². The second-order valence-corrected chi connectivity index (χ2v) is 5.67. The first-order valence-corrected chi connectivity index (χ1v) is 7.72. The van der Waals surface area contributed by atoms with Crippen LogP contribution in [0.4, 0.5) is 0 Å². The second-order valence-electron chi connectivity index (χ2n) is 5.67. The maximum Gasteiger partial charge on any atom is 0.251 e. The van der Waals surface area contributed by atoms with E-state index in [1.165, 1.54) is 0 Å². The number of nitrogens with two attached hydrogens (primary N) is 1. The lowest BCUT2D eigenvalue weighted by molar-refractivity contribution is 0.0939. The summed E-state index contributed by atoms with van der Waals surface area (Å²) in [6.45, 7) is 6.23. The lowest BCUT2D eigenvalue weighted by atomic mass is 10.1. The van der Waals surface area contributed by atoms with Crippen LogP contribution < -0.4 is 15.8 Å². The topological polar surface area (TPSA) is 77.2 Å². The van der Waals surface area contributed by atoms with Gasteiger partial charge in [-0.3, -0.25) is 9.78 Å². The van der Waals surface area contributed by atoms with Crippen molar-refractivity contribution in [3.63, 3.8) is 0 Å². The fraction of sp³-hybridized carbons (Fsp3) is 0.333. The standard InChI is InChI=1S/C18H23N3O2.ClH/c1-12(2)23-17-6-4-14(5-7-17)13(3)21-18(22)15-8-9-20-16(10-15)11-19;/h4-10,12-13H,11,19H2,1-3H3,(H,21,22);1H. The first kappa shape index (κ1) is 19.9. The summed E-state index contributed by atoms with van der Waals surface area (Å²) in [7, 11) is 0. The summed E-state index contributed by atoms with van der Waals surface area (Å²) < 4.78 is 5.62. The van der Waals surface area contributed by atoms with Gasteiger partial charge >= 0.3 is 0 Å². The number of pyridine rings is 1. The fourth-order valence-corrected chi connectivity index (χ4v) is 2.20. The van der Waals surface area contributed by atoms with Crippen molar-refractivity contribution in [3.05, 3.63) is 59.4 Å². The van der Waals surface area contributed by atoms with Crippen molar-refractivity contribution in [3.8, 4) is 5.75 Å². The molecular weight excluding hydrogens is 326 g/mol. The zero-order chi connectivity index (χ0) is 16.8. The number of carbonyl (C=O) groups is 1. The van der Waals surface area contributed by atoms with Gasteiger partial charge in [0, 0.05) is 18.3 Å². The molecule has 0 aliphatic heterocycles. The van der Waals surface area contributed by atoms with Crippen molar-refractivity contribution in [1.29, 1.82) is 0 Å². The van der Waals surface area contributed by atoms with Gasteiger partial charge in [0.1, 0.15) is 5.75 Å². The molecule has 0 aliphatic rings. The number of nitrogens with zero attached hydrogens (tertiary/aromatic N) is 1. The van der Waals surface area contributed by atoms with Crippen LogP contribution in [-0.2, 0) is 6.54 Å². The Bertz CT molecular complexity index is 660. The predicted molar refractivity (Wildman–Crippen MR) is 97.5 cm³/mol. The van der Waals surface area contributed by atoms with E-state index in [-0.39, 0.29) is 30.5 Å². The number of halogens is 1. The zero-order valence-corrected chi connectivity index (χ0v) is 15.0. The Morgan fingerprint density at radius 3 is 2.46 bits per heavy atom. The van der Waals surface area contributed by atoms with Gasteiger partial charge < -0.3 is 15.8 Å². The molecule has 6 heteroatoms. The largest absolute Gasteiger partial charge is 0.491 e. The van der Waals surface area contributed by atoms with Crippen molar-refractivity contribution < 1.29 is 9.53 Å². The van der Waals surface area contributed by atoms with Crippen molar-refractivity contribution in [1.82, 2.24) is 10.3 Å². The highest BCUT2D eigenvalue weighted by atomic mass is 35.5. The van der Waals surface area contributed by atoms with Gasteiger partial charge in [0.05, 0.1) is 17.8 Å². The molecule has 1 amide bonds. The molecule has 0 radical (unpaired) electrons. The monoisotopic (exact) mass is 349 g/mol. The minimum absolute atomic E-state index is 0. The molecule has 1 unspecified atom stereocenters. The molecule has 0 bridgehead atoms. The summed E-state index contributed by atoms with van der Waals surface area (Å²) in [5, 5.41) is 2.98. The molecule has 2 rings (SSSR count). The Hall–Kier alpha value is -2.11. The first-order chi connectivity index (χ1) is 11.0. The molecule has 3 N–H and O–H groups in total. The molecule has 0 fully saturated rings. The highest BCUT2D eigenvalue weighted by molar-refractivity contribution is 5.94. The first-order valence-electron chi connectivity index (χ1n) is 7.72. The maximum absolute atomic E-state index is 12.3. The van der Waals surface area contributed by atoms with E-state index < -0.39 is 0 Å². The SMILES string of the molecule is CC(C)Oc1ccc(C(C)NC(=O)c2ccnc(CN)c2)cc1.Cl. The quantitative estimate of drug-likeness (QED) is 0.839. The summed E-state index contributed by atoms with van der Waals surface area (Å²) in [6.07, 6.45) is 1.74. The molecule has 1 aromatic heterocycles. The van der Waals surface area contributed by atoms with E-state index >= 15 is 0 Å². The Labute approximate surface area is 149 Å². The number of nitrogens with one attached hydrogen (secondary N) is 1. The summed E-state index contributed by atoms with van der Waals surface area (Å²) in [5.74, 6) is 0.682. The molecular formula is C18H24ClN3O2. The minimum atomic E-state index is -0.142. The summed E-state index contributed by atoms with van der Waals surface area (Å²) >= 11 is 0. The number of aromatic nitrogens is 1. The van der Waals surface area contributed by atoms with Crippen molar-refractivity contribution in [2.75, 3.05) is 0 Å². The van der Waals surface area contributed by atoms with Crippen LogP contribution in [0.15, 0.2) is 42.6 Å². The zero-order valence-electron chi connectivity index (χ0n) is 14.2. The van der Waals surface area contributed by atoms with Gasteiger partial charge in [-0.2, -0.15) is 0 Å². The third-order valence-corrected chi connectivity index (χ3v) is 3.39. The Kier molecular flexibility index (Phi) is 7.68. The fourth-order valence-electron chi connectivity index (χ4n) is 2.20. The molecule has 1 aromatic carbocycles. The van der Waals surface area contributed by atoms with Crippen LogP contribution in [0, 0.1) is 0 Å². The van der Waals surface area contributed by atoms with Crippen LogP contribution in [0.1, 0.15) is 48.4 Å². The van der Waals surface area contributed by atoms with Gasteiger partial charge in [-0.05, 0) is 50.6 Å². The molecule has 0 saturated carbocycles. The van der Waals surface area contributed by atoms with E-state index in [0.717, 1.165) is 11.3 Å². The van der Waals surface area contributed by atoms with E-state index in [9.17, 15) is 4.79 Å². The van der Waals surface area contributed by atoms with Crippen LogP contribution in [0.2, 0.25) is 0 Å². The normalized spacial score (nSPS) is 11.5. The average molecular weight is 350 g/mol. The number of ether oxygens (including phenoxy) is 1. The van der Waals surface area contributed by atoms with Gasteiger partial charge in [0.25, 0.3) is 5.91 Å².